The Balaban J connectivity index is 1.33. The van der Waals surface area contributed by atoms with Gasteiger partial charge in [0.25, 0.3) is 5.91 Å². The van der Waals surface area contributed by atoms with Crippen molar-refractivity contribution in [1.29, 1.82) is 5.41 Å². The van der Waals surface area contributed by atoms with Crippen LogP contribution in [-0.2, 0) is 22.6 Å². The molecule has 4 rings (SSSR count). The number of likely N-dealkylation sites (tertiary alicyclic amines) is 1. The van der Waals surface area contributed by atoms with Crippen LogP contribution in [0.3, 0.4) is 0 Å². The molecule has 1 aliphatic rings. The van der Waals surface area contributed by atoms with Crippen LogP contribution in [0.5, 0.6) is 11.5 Å². The molecule has 10 heteroatoms. The minimum absolute atomic E-state index is 0.0166. The van der Waals surface area contributed by atoms with Gasteiger partial charge in [-0.1, -0.05) is 31.5 Å². The Morgan fingerprint density at radius 3 is 2.62 bits per heavy atom. The van der Waals surface area contributed by atoms with Crippen LogP contribution >= 0.6 is 11.3 Å². The molecular formula is C30H35N5O4S. The van der Waals surface area contributed by atoms with E-state index in [4.69, 9.17) is 15.9 Å². The molecule has 1 aliphatic heterocycles. The molecule has 0 unspecified atom stereocenters. The van der Waals surface area contributed by atoms with Gasteiger partial charge in [-0.2, -0.15) is 0 Å². The molecule has 1 saturated heterocycles. The minimum atomic E-state index is -0.577. The van der Waals surface area contributed by atoms with E-state index in [1.807, 2.05) is 36.4 Å². The predicted molar refractivity (Wildman–Crippen MR) is 156 cm³/mol. The fourth-order valence-electron chi connectivity index (χ4n) is 4.60. The molecule has 3 amide bonds. The van der Waals surface area contributed by atoms with Crippen molar-refractivity contribution in [3.63, 3.8) is 0 Å². The minimum Gasteiger partial charge on any atom is -0.457 e. The number of aryl methyl sites for hydroxylation is 1. The van der Waals surface area contributed by atoms with E-state index in [9.17, 15) is 14.4 Å². The summed E-state index contributed by atoms with van der Waals surface area (Å²) in [5.41, 5.74) is 7.52. The van der Waals surface area contributed by atoms with Crippen LogP contribution < -0.4 is 21.1 Å². The van der Waals surface area contributed by atoms with E-state index in [-0.39, 0.29) is 30.1 Å². The molecule has 0 aliphatic carbocycles. The van der Waals surface area contributed by atoms with Crippen molar-refractivity contribution < 1.29 is 19.1 Å². The zero-order valence-corrected chi connectivity index (χ0v) is 23.4. The van der Waals surface area contributed by atoms with Crippen molar-refractivity contribution in [3.05, 3.63) is 81.5 Å². The van der Waals surface area contributed by atoms with Gasteiger partial charge in [0.15, 0.2) is 0 Å². The topological polar surface area (TPSA) is 138 Å². The summed E-state index contributed by atoms with van der Waals surface area (Å²) < 4.78 is 6.06. The van der Waals surface area contributed by atoms with Crippen molar-refractivity contribution in [2.45, 2.75) is 51.6 Å². The van der Waals surface area contributed by atoms with Gasteiger partial charge in [-0.05, 0) is 67.6 Å². The number of hydrogen-bond acceptors (Lipinski definition) is 6. The number of amides is 3. The predicted octanol–water partition coefficient (Wildman–Crippen LogP) is 4.20. The number of nitrogens with two attached hydrogens (primary N) is 1. The van der Waals surface area contributed by atoms with E-state index >= 15 is 0 Å². The average Bonchev–Trinajstić information content (AvgIpc) is 3.65. The molecule has 2 aromatic carbocycles. The van der Waals surface area contributed by atoms with Gasteiger partial charge in [-0.3, -0.25) is 19.8 Å². The molecule has 0 radical (unpaired) electrons. The Morgan fingerprint density at radius 1 is 1.10 bits per heavy atom. The Labute approximate surface area is 238 Å². The summed E-state index contributed by atoms with van der Waals surface area (Å²) in [5.74, 6) is 0.538. The van der Waals surface area contributed by atoms with Gasteiger partial charge >= 0.3 is 0 Å². The number of nitrogens with zero attached hydrogens (tertiary/aromatic N) is 1. The van der Waals surface area contributed by atoms with Gasteiger partial charge in [-0.15, -0.1) is 11.3 Å². The van der Waals surface area contributed by atoms with Crippen LogP contribution in [0.25, 0.3) is 0 Å². The Hall–Kier alpha value is -4.18. The Morgan fingerprint density at radius 2 is 1.90 bits per heavy atom. The van der Waals surface area contributed by atoms with Crippen molar-refractivity contribution in [1.82, 2.24) is 15.5 Å². The lowest BCUT2D eigenvalue weighted by atomic mass is 10.0. The third kappa shape index (κ3) is 7.47. The Kier molecular flexibility index (Phi) is 9.91. The highest BCUT2D eigenvalue weighted by Crippen LogP contribution is 2.28. The summed E-state index contributed by atoms with van der Waals surface area (Å²) in [7, 11) is 0. The highest BCUT2D eigenvalue weighted by molar-refractivity contribution is 7.10. The normalized spacial score (nSPS) is 14.5. The van der Waals surface area contributed by atoms with E-state index in [0.717, 1.165) is 41.9 Å². The SMILES string of the molecule is CCCCc1cc(C(=O)NCC(=O)N2CCC[C@H]2C(=O)NCc2cc(C(=N)N)cs2)ccc1Oc1ccccc1. The van der Waals surface area contributed by atoms with Gasteiger partial charge in [-0.25, -0.2) is 0 Å². The molecular weight excluding hydrogens is 526 g/mol. The van der Waals surface area contributed by atoms with E-state index in [2.05, 4.69) is 17.6 Å². The summed E-state index contributed by atoms with van der Waals surface area (Å²) in [6.07, 6.45) is 4.02. The second-order valence-electron chi connectivity index (χ2n) is 9.70. The first kappa shape index (κ1) is 28.8. The molecule has 0 bridgehead atoms. The lowest BCUT2D eigenvalue weighted by molar-refractivity contribution is -0.137. The summed E-state index contributed by atoms with van der Waals surface area (Å²) in [4.78, 5) is 41.2. The second-order valence-corrected chi connectivity index (χ2v) is 10.7. The lowest BCUT2D eigenvalue weighted by Gasteiger charge is -2.24. The van der Waals surface area contributed by atoms with Crippen LogP contribution in [0, 0.1) is 5.41 Å². The fourth-order valence-corrected chi connectivity index (χ4v) is 5.43. The second kappa shape index (κ2) is 13.7. The van der Waals surface area contributed by atoms with Gasteiger partial charge in [0, 0.05) is 27.9 Å². The van der Waals surface area contributed by atoms with Gasteiger partial charge in [0.05, 0.1) is 13.1 Å². The smallest absolute Gasteiger partial charge is 0.251 e. The van der Waals surface area contributed by atoms with Crippen LogP contribution in [0.1, 0.15) is 59.0 Å². The highest BCUT2D eigenvalue weighted by Gasteiger charge is 2.34. The number of para-hydroxylation sites is 1. The first-order valence-electron chi connectivity index (χ1n) is 13.5. The largest absolute Gasteiger partial charge is 0.457 e. The number of amidine groups is 1. The maximum absolute atomic E-state index is 13.0. The molecule has 3 aromatic rings. The molecule has 40 heavy (non-hydrogen) atoms. The quantitative estimate of drug-likeness (QED) is 0.194. The molecule has 1 aromatic heterocycles. The highest BCUT2D eigenvalue weighted by atomic mass is 32.1. The number of nitrogens with one attached hydrogen (secondary N) is 3. The maximum Gasteiger partial charge on any atom is 0.251 e. The van der Waals surface area contributed by atoms with E-state index in [1.54, 1.807) is 23.6 Å². The third-order valence-corrected chi connectivity index (χ3v) is 7.71. The molecule has 9 nitrogen and oxygen atoms in total. The first-order chi connectivity index (χ1) is 19.4. The maximum atomic E-state index is 13.0. The lowest BCUT2D eigenvalue weighted by Crippen LogP contribution is -2.48. The van der Waals surface area contributed by atoms with Crippen LogP contribution in [0.2, 0.25) is 0 Å². The van der Waals surface area contributed by atoms with E-state index in [0.29, 0.717) is 36.4 Å². The molecule has 5 N–H and O–H groups in total. The summed E-state index contributed by atoms with van der Waals surface area (Å²) in [6.45, 7) is 2.68. The average molecular weight is 562 g/mol. The summed E-state index contributed by atoms with van der Waals surface area (Å²) >= 11 is 1.41. The number of hydrogen-bond donors (Lipinski definition) is 4. The number of rotatable bonds is 12. The van der Waals surface area contributed by atoms with Crippen molar-refractivity contribution in [2.24, 2.45) is 5.73 Å². The van der Waals surface area contributed by atoms with Gasteiger partial charge < -0.3 is 26.0 Å². The van der Waals surface area contributed by atoms with Crippen molar-refractivity contribution >= 4 is 34.9 Å². The number of carbonyl (C=O) groups is 3. The number of benzene rings is 2. The third-order valence-electron chi connectivity index (χ3n) is 6.77. The number of thiophene rings is 1. The first-order valence-corrected chi connectivity index (χ1v) is 14.4. The van der Waals surface area contributed by atoms with Crippen LogP contribution in [-0.4, -0.2) is 47.6 Å². The molecule has 0 saturated carbocycles. The number of nitrogen functional groups attached to an aromatic ring is 1. The zero-order chi connectivity index (χ0) is 28.5. The fraction of sp³-hybridized carbons (Fsp3) is 0.333. The number of unbranched alkanes of at least 4 members (excludes halogenated alkanes) is 1. The molecule has 0 spiro atoms. The molecule has 1 atom stereocenters. The standard InChI is InChI=1S/C30H35N5O4S/c1-2-3-8-20-15-21(12-13-26(20)39-23-9-5-4-6-10-23)29(37)34-18-27(36)35-14-7-11-25(35)30(38)33-17-24-16-22(19-40-24)28(31)32/h4-6,9-10,12-13,15-16,19,25H,2-3,7-8,11,14,17-18H2,1H3,(H3,31,32)(H,33,38)(H,34,37)/t25-/m0/s1. The van der Waals surface area contributed by atoms with E-state index in [1.165, 1.54) is 16.2 Å². The van der Waals surface area contributed by atoms with E-state index < -0.39 is 6.04 Å². The number of carbonyl (C=O) groups excluding carboxylic acids is 3. The van der Waals surface area contributed by atoms with Gasteiger partial charge in [0.2, 0.25) is 11.8 Å². The molecule has 2 heterocycles. The molecule has 210 valence electrons. The van der Waals surface area contributed by atoms with Crippen molar-refractivity contribution in [2.75, 3.05) is 13.1 Å². The van der Waals surface area contributed by atoms with Gasteiger partial charge in [0.1, 0.15) is 23.4 Å². The molecule has 1 fully saturated rings. The Bertz CT molecular complexity index is 1360. The summed E-state index contributed by atoms with van der Waals surface area (Å²) in [6, 6.07) is 16.0. The zero-order valence-electron chi connectivity index (χ0n) is 22.6. The van der Waals surface area contributed by atoms with Crippen LogP contribution in [0.4, 0.5) is 0 Å². The van der Waals surface area contributed by atoms with Crippen molar-refractivity contribution in [3.8, 4) is 11.5 Å². The number of ether oxygens (including phenoxy) is 1. The summed E-state index contributed by atoms with van der Waals surface area (Å²) in [5, 5.41) is 14.9. The van der Waals surface area contributed by atoms with Crippen LogP contribution in [0.15, 0.2) is 60.0 Å². The monoisotopic (exact) mass is 561 g/mol.